The number of hydrogen-bond acceptors (Lipinski definition) is 6. The van der Waals surface area contributed by atoms with E-state index in [0.29, 0.717) is 11.3 Å². The maximum Gasteiger partial charge on any atom is 0.183 e. The molecule has 0 spiro atoms. The number of methoxy groups -OCH3 is 1. The van der Waals surface area contributed by atoms with Gasteiger partial charge in [-0.3, -0.25) is 0 Å². The Morgan fingerprint density at radius 1 is 1.11 bits per heavy atom. The van der Waals surface area contributed by atoms with Crippen LogP contribution in [0.3, 0.4) is 0 Å². The first-order chi connectivity index (χ1) is 12.7. The highest BCUT2D eigenvalue weighted by Crippen LogP contribution is 2.27. The summed E-state index contributed by atoms with van der Waals surface area (Å²) in [6.07, 6.45) is 0. The normalized spacial score (nSPS) is 21.9. The fourth-order valence-electron chi connectivity index (χ4n) is 3.13. The quantitative estimate of drug-likeness (QED) is 0.773. The minimum atomic E-state index is -3.89. The molecule has 0 amide bonds. The molecule has 9 heteroatoms. The van der Waals surface area contributed by atoms with Gasteiger partial charge in [-0.05, 0) is 30.3 Å². The van der Waals surface area contributed by atoms with Crippen LogP contribution in [0.25, 0.3) is 0 Å². The van der Waals surface area contributed by atoms with Gasteiger partial charge in [0.05, 0.1) is 28.8 Å². The molecule has 2 unspecified atom stereocenters. The van der Waals surface area contributed by atoms with Crippen LogP contribution in [0.4, 0.5) is 4.39 Å². The fraction of sp³-hybridized carbons (Fsp3) is 0.333. The van der Waals surface area contributed by atoms with E-state index in [2.05, 4.69) is 5.32 Å². The van der Waals surface area contributed by atoms with Crippen molar-refractivity contribution in [3.05, 3.63) is 59.9 Å². The summed E-state index contributed by atoms with van der Waals surface area (Å²) in [5.74, 6) is -0.694. The van der Waals surface area contributed by atoms with E-state index in [1.54, 1.807) is 18.2 Å². The Kier molecular flexibility index (Phi) is 5.55. The Morgan fingerprint density at radius 3 is 2.41 bits per heavy atom. The summed E-state index contributed by atoms with van der Waals surface area (Å²) in [4.78, 5) is 0.0306. The molecule has 1 saturated heterocycles. The van der Waals surface area contributed by atoms with E-state index in [1.165, 1.54) is 37.4 Å². The van der Waals surface area contributed by atoms with Crippen LogP contribution in [-0.2, 0) is 26.2 Å². The van der Waals surface area contributed by atoms with Gasteiger partial charge in [-0.25, -0.2) is 21.2 Å². The highest BCUT2D eigenvalue weighted by Gasteiger charge is 2.45. The molecule has 146 valence electrons. The molecule has 27 heavy (non-hydrogen) atoms. The first kappa shape index (κ1) is 19.8. The second kappa shape index (κ2) is 7.57. The first-order valence-corrected chi connectivity index (χ1v) is 11.6. The average molecular weight is 413 g/mol. The number of hydrogen-bond donors (Lipinski definition) is 1. The summed E-state index contributed by atoms with van der Waals surface area (Å²) in [5.41, 5.74) is 0.349. The Balaban J connectivity index is 1.85. The summed E-state index contributed by atoms with van der Waals surface area (Å²) in [5, 5.41) is 1.78. The Labute approximate surface area is 158 Å². The molecule has 0 saturated carbocycles. The van der Waals surface area contributed by atoms with E-state index in [9.17, 15) is 21.2 Å². The van der Waals surface area contributed by atoms with Crippen LogP contribution < -0.4 is 10.1 Å². The lowest BCUT2D eigenvalue weighted by Gasteiger charge is -2.20. The van der Waals surface area contributed by atoms with Crippen LogP contribution in [0.15, 0.2) is 53.4 Å². The number of rotatable bonds is 6. The number of halogens is 1. The first-order valence-electron chi connectivity index (χ1n) is 8.28. The molecule has 2 atom stereocenters. The number of benzene rings is 2. The van der Waals surface area contributed by atoms with Gasteiger partial charge in [0, 0.05) is 18.2 Å². The van der Waals surface area contributed by atoms with Crippen LogP contribution in [0, 0.1) is 5.82 Å². The van der Waals surface area contributed by atoms with E-state index in [4.69, 9.17) is 4.74 Å². The van der Waals surface area contributed by atoms with Crippen LogP contribution in [0.2, 0.25) is 0 Å². The predicted molar refractivity (Wildman–Crippen MR) is 99.6 cm³/mol. The topological polar surface area (TPSA) is 89.5 Å². The van der Waals surface area contributed by atoms with Crippen molar-refractivity contribution in [1.82, 2.24) is 5.32 Å². The molecule has 0 radical (unpaired) electrons. The van der Waals surface area contributed by atoms with E-state index < -0.39 is 42.5 Å². The standard InChI is InChI=1S/C18H20FNO5S2/c1-25-14-6-8-15(9-7-14)27(23,24)18-12-26(21,22)11-17(18)20-10-13-4-2-3-5-16(13)19/h2-9,17-18,20H,10-12H2,1H3. The molecule has 3 rings (SSSR count). The summed E-state index contributed by atoms with van der Waals surface area (Å²) in [7, 11) is -5.94. The summed E-state index contributed by atoms with van der Waals surface area (Å²) in [6.45, 7) is 0.0431. The summed E-state index contributed by atoms with van der Waals surface area (Å²) < 4.78 is 69.0. The molecule has 1 aliphatic rings. The molecular formula is C18H20FNO5S2. The second-order valence-electron chi connectivity index (χ2n) is 6.41. The molecule has 0 bridgehead atoms. The van der Waals surface area contributed by atoms with Crippen molar-refractivity contribution >= 4 is 19.7 Å². The predicted octanol–water partition coefficient (Wildman–Crippen LogP) is 1.56. The van der Waals surface area contributed by atoms with E-state index in [1.807, 2.05) is 0 Å². The third-order valence-electron chi connectivity index (χ3n) is 4.60. The van der Waals surface area contributed by atoms with Gasteiger partial charge >= 0.3 is 0 Å². The Hall–Kier alpha value is -1.97. The lowest BCUT2D eigenvalue weighted by Crippen LogP contribution is -2.43. The van der Waals surface area contributed by atoms with Crippen molar-refractivity contribution in [2.45, 2.75) is 22.7 Å². The van der Waals surface area contributed by atoms with E-state index in [0.717, 1.165) is 0 Å². The Bertz CT molecular complexity index is 1020. The molecular weight excluding hydrogens is 393 g/mol. The summed E-state index contributed by atoms with van der Waals surface area (Å²) >= 11 is 0. The zero-order chi connectivity index (χ0) is 19.7. The SMILES string of the molecule is COc1ccc(S(=O)(=O)C2CS(=O)(=O)CC2NCc2ccccc2F)cc1. The van der Waals surface area contributed by atoms with Gasteiger partial charge in [0.1, 0.15) is 11.6 Å². The van der Waals surface area contributed by atoms with Gasteiger partial charge in [-0.2, -0.15) is 0 Å². The maximum absolute atomic E-state index is 13.8. The maximum atomic E-state index is 13.8. The minimum Gasteiger partial charge on any atom is -0.497 e. The van der Waals surface area contributed by atoms with Gasteiger partial charge in [-0.1, -0.05) is 18.2 Å². The van der Waals surface area contributed by atoms with Crippen molar-refractivity contribution in [1.29, 1.82) is 0 Å². The van der Waals surface area contributed by atoms with Crippen LogP contribution in [0.1, 0.15) is 5.56 Å². The minimum absolute atomic E-state index is 0.0306. The van der Waals surface area contributed by atoms with Crippen LogP contribution >= 0.6 is 0 Å². The van der Waals surface area contributed by atoms with Gasteiger partial charge < -0.3 is 10.1 Å². The average Bonchev–Trinajstić information content (AvgIpc) is 2.96. The molecule has 1 fully saturated rings. The van der Waals surface area contributed by atoms with Crippen molar-refractivity contribution < 1.29 is 26.0 Å². The second-order valence-corrected chi connectivity index (χ2v) is 10.7. The molecule has 6 nitrogen and oxygen atoms in total. The van der Waals surface area contributed by atoms with Crippen molar-refractivity contribution in [2.75, 3.05) is 18.6 Å². The van der Waals surface area contributed by atoms with Crippen molar-refractivity contribution in [3.63, 3.8) is 0 Å². The highest BCUT2D eigenvalue weighted by molar-refractivity contribution is 7.96. The number of nitrogens with one attached hydrogen (secondary N) is 1. The largest absolute Gasteiger partial charge is 0.497 e. The van der Waals surface area contributed by atoms with Gasteiger partial charge in [0.15, 0.2) is 19.7 Å². The van der Waals surface area contributed by atoms with Gasteiger partial charge in [-0.15, -0.1) is 0 Å². The van der Waals surface area contributed by atoms with Gasteiger partial charge in [0.2, 0.25) is 0 Å². The van der Waals surface area contributed by atoms with E-state index >= 15 is 0 Å². The number of ether oxygens (including phenoxy) is 1. The third kappa shape index (κ3) is 4.31. The molecule has 1 aliphatic heterocycles. The molecule has 2 aromatic carbocycles. The fourth-order valence-corrected chi connectivity index (χ4v) is 7.85. The molecule has 0 aliphatic carbocycles. The van der Waals surface area contributed by atoms with Crippen molar-refractivity contribution in [3.8, 4) is 5.75 Å². The lowest BCUT2D eigenvalue weighted by atomic mass is 10.2. The lowest BCUT2D eigenvalue weighted by molar-refractivity contribution is 0.414. The molecule has 1 heterocycles. The molecule has 2 aromatic rings. The Morgan fingerprint density at radius 2 is 1.78 bits per heavy atom. The summed E-state index contributed by atoms with van der Waals surface area (Å²) in [6, 6.07) is 11.1. The monoisotopic (exact) mass is 413 g/mol. The third-order valence-corrected chi connectivity index (χ3v) is 8.77. The van der Waals surface area contributed by atoms with E-state index in [-0.39, 0.29) is 17.2 Å². The zero-order valence-corrected chi connectivity index (χ0v) is 16.3. The zero-order valence-electron chi connectivity index (χ0n) is 14.6. The number of sulfone groups is 2. The molecule has 1 N–H and O–H groups in total. The van der Waals surface area contributed by atoms with Gasteiger partial charge in [0.25, 0.3) is 0 Å². The van der Waals surface area contributed by atoms with Crippen LogP contribution in [0.5, 0.6) is 5.75 Å². The van der Waals surface area contributed by atoms with Crippen molar-refractivity contribution in [2.24, 2.45) is 0 Å². The smallest absolute Gasteiger partial charge is 0.183 e. The highest BCUT2D eigenvalue weighted by atomic mass is 32.2. The molecule has 0 aromatic heterocycles. The van der Waals surface area contributed by atoms with Crippen LogP contribution in [-0.4, -0.2) is 46.7 Å².